The predicted molar refractivity (Wildman–Crippen MR) is 89.4 cm³/mol. The van der Waals surface area contributed by atoms with Crippen LogP contribution in [0.4, 0.5) is 17.1 Å². The quantitative estimate of drug-likeness (QED) is 0.616. The van der Waals surface area contributed by atoms with Gasteiger partial charge in [-0.1, -0.05) is 11.6 Å². The molecule has 6 heteroatoms. The molecular formula is C15H14BrClN2O2. The van der Waals surface area contributed by atoms with E-state index < -0.39 is 5.97 Å². The van der Waals surface area contributed by atoms with Crippen LogP contribution >= 0.6 is 27.5 Å². The van der Waals surface area contributed by atoms with E-state index in [9.17, 15) is 4.79 Å². The second-order valence-electron chi connectivity index (χ2n) is 4.50. The standard InChI is InChI=1S/C15H14BrClN2O2/c1-8-5-10(7-11(14(8)18)15(20)21-2)19-13-6-9(17)3-4-12(13)16/h3-7,19H,18H2,1-2H3. The number of ether oxygens (including phenoxy) is 1. The van der Waals surface area contributed by atoms with Gasteiger partial charge in [0.05, 0.1) is 18.4 Å². The van der Waals surface area contributed by atoms with Gasteiger partial charge in [-0.15, -0.1) is 0 Å². The van der Waals surface area contributed by atoms with E-state index in [1.165, 1.54) is 7.11 Å². The summed E-state index contributed by atoms with van der Waals surface area (Å²) in [6.07, 6.45) is 0. The molecule has 0 aliphatic carbocycles. The molecule has 0 bridgehead atoms. The number of halogens is 2. The number of nitrogen functional groups attached to an aromatic ring is 1. The topological polar surface area (TPSA) is 64.3 Å². The molecule has 0 atom stereocenters. The largest absolute Gasteiger partial charge is 0.465 e. The number of benzene rings is 2. The van der Waals surface area contributed by atoms with Crippen molar-refractivity contribution in [3.8, 4) is 0 Å². The molecule has 0 unspecified atom stereocenters. The maximum absolute atomic E-state index is 11.8. The van der Waals surface area contributed by atoms with Crippen molar-refractivity contribution in [2.75, 3.05) is 18.2 Å². The molecule has 2 rings (SSSR count). The van der Waals surface area contributed by atoms with Crippen LogP contribution in [-0.4, -0.2) is 13.1 Å². The van der Waals surface area contributed by atoms with Crippen molar-refractivity contribution < 1.29 is 9.53 Å². The number of esters is 1. The van der Waals surface area contributed by atoms with Crippen LogP contribution in [0.5, 0.6) is 0 Å². The highest BCUT2D eigenvalue weighted by molar-refractivity contribution is 9.10. The van der Waals surface area contributed by atoms with Gasteiger partial charge in [-0.2, -0.15) is 0 Å². The second-order valence-corrected chi connectivity index (χ2v) is 5.79. The van der Waals surface area contributed by atoms with Gasteiger partial charge in [-0.05, 0) is 58.7 Å². The van der Waals surface area contributed by atoms with Crippen LogP contribution in [-0.2, 0) is 4.74 Å². The number of methoxy groups -OCH3 is 1. The molecule has 0 amide bonds. The van der Waals surface area contributed by atoms with Gasteiger partial charge in [-0.3, -0.25) is 0 Å². The lowest BCUT2D eigenvalue weighted by molar-refractivity contribution is 0.0602. The van der Waals surface area contributed by atoms with Crippen LogP contribution in [0.3, 0.4) is 0 Å². The van der Waals surface area contributed by atoms with Gasteiger partial charge in [-0.25, -0.2) is 4.79 Å². The first-order valence-corrected chi connectivity index (χ1v) is 7.30. The highest BCUT2D eigenvalue weighted by Gasteiger charge is 2.14. The van der Waals surface area contributed by atoms with Gasteiger partial charge < -0.3 is 15.8 Å². The summed E-state index contributed by atoms with van der Waals surface area (Å²) < 4.78 is 5.61. The Bertz CT molecular complexity index is 704. The number of nitrogens with two attached hydrogens (primary N) is 1. The fourth-order valence-electron chi connectivity index (χ4n) is 1.90. The van der Waals surface area contributed by atoms with Crippen molar-refractivity contribution in [2.24, 2.45) is 0 Å². The van der Waals surface area contributed by atoms with Gasteiger partial charge in [0, 0.05) is 20.9 Å². The molecule has 0 radical (unpaired) electrons. The first-order valence-electron chi connectivity index (χ1n) is 6.13. The van der Waals surface area contributed by atoms with Crippen LogP contribution in [0, 0.1) is 6.92 Å². The summed E-state index contributed by atoms with van der Waals surface area (Å²) in [6.45, 7) is 1.83. The molecule has 4 nitrogen and oxygen atoms in total. The van der Waals surface area contributed by atoms with Crippen LogP contribution in [0.15, 0.2) is 34.8 Å². The van der Waals surface area contributed by atoms with E-state index in [1.807, 2.05) is 19.1 Å². The number of nitrogens with one attached hydrogen (secondary N) is 1. The summed E-state index contributed by atoms with van der Waals surface area (Å²) in [5, 5.41) is 3.82. The summed E-state index contributed by atoms with van der Waals surface area (Å²) in [4.78, 5) is 11.8. The lowest BCUT2D eigenvalue weighted by Gasteiger charge is -2.13. The van der Waals surface area contributed by atoms with Crippen LogP contribution in [0.1, 0.15) is 15.9 Å². The molecule has 110 valence electrons. The van der Waals surface area contributed by atoms with Gasteiger partial charge in [0.15, 0.2) is 0 Å². The lowest BCUT2D eigenvalue weighted by atomic mass is 10.1. The fraction of sp³-hybridized carbons (Fsp3) is 0.133. The number of hydrogen-bond donors (Lipinski definition) is 2. The number of rotatable bonds is 3. The minimum Gasteiger partial charge on any atom is -0.465 e. The highest BCUT2D eigenvalue weighted by atomic mass is 79.9. The van der Waals surface area contributed by atoms with Crippen molar-refractivity contribution >= 4 is 50.6 Å². The second kappa shape index (κ2) is 6.37. The SMILES string of the molecule is COC(=O)c1cc(Nc2cc(Cl)ccc2Br)cc(C)c1N. The maximum Gasteiger partial charge on any atom is 0.340 e. The van der Waals surface area contributed by atoms with E-state index >= 15 is 0 Å². The Morgan fingerprint density at radius 3 is 2.71 bits per heavy atom. The lowest BCUT2D eigenvalue weighted by Crippen LogP contribution is -2.08. The number of carbonyl (C=O) groups excluding carboxylic acids is 1. The summed E-state index contributed by atoms with van der Waals surface area (Å²) >= 11 is 9.43. The number of hydrogen-bond acceptors (Lipinski definition) is 4. The molecule has 0 aromatic heterocycles. The molecule has 2 aromatic rings. The minimum absolute atomic E-state index is 0.332. The van der Waals surface area contributed by atoms with E-state index in [-0.39, 0.29) is 0 Å². The Morgan fingerprint density at radius 1 is 1.33 bits per heavy atom. The average Bonchev–Trinajstić information content (AvgIpc) is 2.45. The molecule has 21 heavy (non-hydrogen) atoms. The predicted octanol–water partition coefficient (Wildman–Crippen LogP) is 4.52. The average molecular weight is 370 g/mol. The Labute approximate surface area is 136 Å². The third-order valence-corrected chi connectivity index (χ3v) is 3.93. The maximum atomic E-state index is 11.8. The van der Waals surface area contributed by atoms with Crippen LogP contribution < -0.4 is 11.1 Å². The zero-order valence-corrected chi connectivity index (χ0v) is 13.9. The van der Waals surface area contributed by atoms with Crippen LogP contribution in [0.25, 0.3) is 0 Å². The van der Waals surface area contributed by atoms with E-state index in [0.717, 1.165) is 21.4 Å². The molecule has 0 saturated heterocycles. The van der Waals surface area contributed by atoms with E-state index in [0.29, 0.717) is 16.3 Å². The minimum atomic E-state index is -0.468. The van der Waals surface area contributed by atoms with Crippen LogP contribution in [0.2, 0.25) is 5.02 Å². The van der Waals surface area contributed by atoms with Gasteiger partial charge >= 0.3 is 5.97 Å². The third kappa shape index (κ3) is 3.49. The Balaban J connectivity index is 2.43. The van der Waals surface area contributed by atoms with Crippen molar-refractivity contribution in [3.63, 3.8) is 0 Å². The third-order valence-electron chi connectivity index (χ3n) is 3.00. The molecule has 0 aliphatic heterocycles. The van der Waals surface area contributed by atoms with Gasteiger partial charge in [0.2, 0.25) is 0 Å². The van der Waals surface area contributed by atoms with E-state index in [4.69, 9.17) is 22.1 Å². The smallest absolute Gasteiger partial charge is 0.340 e. The first kappa shape index (κ1) is 15.7. The molecule has 3 N–H and O–H groups in total. The molecule has 0 spiro atoms. The van der Waals surface area contributed by atoms with Gasteiger partial charge in [0.25, 0.3) is 0 Å². The highest BCUT2D eigenvalue weighted by Crippen LogP contribution is 2.31. The molecule has 0 saturated carbocycles. The molecule has 2 aromatic carbocycles. The number of aryl methyl sites for hydroxylation is 1. The molecular weight excluding hydrogens is 356 g/mol. The van der Waals surface area contributed by atoms with E-state index in [1.54, 1.807) is 18.2 Å². The number of carbonyl (C=O) groups is 1. The normalized spacial score (nSPS) is 10.3. The fourth-order valence-corrected chi connectivity index (χ4v) is 2.42. The monoisotopic (exact) mass is 368 g/mol. The summed E-state index contributed by atoms with van der Waals surface area (Å²) in [7, 11) is 1.32. The van der Waals surface area contributed by atoms with E-state index in [2.05, 4.69) is 21.2 Å². The van der Waals surface area contributed by atoms with Gasteiger partial charge in [0.1, 0.15) is 0 Å². The Hall–Kier alpha value is -1.72. The van der Waals surface area contributed by atoms with Crippen molar-refractivity contribution in [1.82, 2.24) is 0 Å². The number of anilines is 3. The molecule has 0 aliphatic rings. The van der Waals surface area contributed by atoms with Crippen molar-refractivity contribution in [1.29, 1.82) is 0 Å². The molecule has 0 fully saturated rings. The first-order chi connectivity index (χ1) is 9.92. The Kier molecular flexibility index (Phi) is 4.75. The summed E-state index contributed by atoms with van der Waals surface area (Å²) in [6, 6.07) is 8.92. The summed E-state index contributed by atoms with van der Waals surface area (Å²) in [5.41, 5.74) is 8.97. The van der Waals surface area contributed by atoms with Crippen molar-refractivity contribution in [2.45, 2.75) is 6.92 Å². The molecule has 0 heterocycles. The Morgan fingerprint density at radius 2 is 2.05 bits per heavy atom. The zero-order valence-electron chi connectivity index (χ0n) is 11.5. The van der Waals surface area contributed by atoms with Crippen molar-refractivity contribution in [3.05, 3.63) is 51.0 Å². The summed E-state index contributed by atoms with van der Waals surface area (Å²) in [5.74, 6) is -0.468. The zero-order chi connectivity index (χ0) is 15.6.